The molecule has 1 aliphatic rings. The molecule has 2 aromatic carbocycles. The number of rotatable bonds is 17. The SMILES string of the molecule is COc1ccc(S(=O)(=O)N(CC(C)C)C[C@@H](O)[C@H](Cc2ccccc2)NC(=O)C(C(C)C)N2CCN(CC(=O)NC(C)C)C2=O)cc1. The highest BCUT2D eigenvalue weighted by Crippen LogP contribution is 2.23. The van der Waals surface area contributed by atoms with E-state index in [0.717, 1.165) is 5.56 Å². The van der Waals surface area contributed by atoms with Crippen LogP contribution in [-0.4, -0.2) is 110 Å². The maximum atomic E-state index is 14.0. The van der Waals surface area contributed by atoms with Gasteiger partial charge in [-0.05, 0) is 61.9 Å². The minimum atomic E-state index is -4.01. The van der Waals surface area contributed by atoms with Crippen molar-refractivity contribution >= 4 is 27.9 Å². The van der Waals surface area contributed by atoms with E-state index in [1.54, 1.807) is 12.1 Å². The summed E-state index contributed by atoms with van der Waals surface area (Å²) in [6.07, 6.45) is -1.06. The van der Waals surface area contributed by atoms with Gasteiger partial charge in [0.15, 0.2) is 0 Å². The molecule has 2 aromatic rings. The van der Waals surface area contributed by atoms with Crippen LogP contribution in [0, 0.1) is 11.8 Å². The second-order valence-electron chi connectivity index (χ2n) is 13.1. The normalized spacial score (nSPS) is 15.8. The molecular weight excluding hydrogens is 622 g/mol. The Morgan fingerprint density at radius 2 is 1.57 bits per heavy atom. The first-order valence-corrected chi connectivity index (χ1v) is 17.6. The van der Waals surface area contributed by atoms with E-state index in [2.05, 4.69) is 10.6 Å². The Labute approximate surface area is 279 Å². The molecule has 3 rings (SSSR count). The van der Waals surface area contributed by atoms with Crippen molar-refractivity contribution < 1.29 is 32.6 Å². The van der Waals surface area contributed by atoms with Crippen LogP contribution in [0.4, 0.5) is 4.79 Å². The number of sulfonamides is 1. The Morgan fingerprint density at radius 3 is 2.13 bits per heavy atom. The molecule has 12 nitrogen and oxygen atoms in total. The molecular formula is C34H51N5O7S. The van der Waals surface area contributed by atoms with Gasteiger partial charge >= 0.3 is 6.03 Å². The highest BCUT2D eigenvalue weighted by molar-refractivity contribution is 7.89. The number of nitrogens with zero attached hydrogens (tertiary/aromatic N) is 3. The molecule has 0 bridgehead atoms. The average Bonchev–Trinajstić information content (AvgIpc) is 3.34. The molecule has 0 saturated carbocycles. The number of aliphatic hydroxyl groups is 1. The largest absolute Gasteiger partial charge is 0.497 e. The molecule has 1 heterocycles. The van der Waals surface area contributed by atoms with Crippen LogP contribution in [0.2, 0.25) is 0 Å². The molecule has 3 N–H and O–H groups in total. The van der Waals surface area contributed by atoms with E-state index < -0.39 is 40.1 Å². The third kappa shape index (κ3) is 10.4. The number of hydrogen-bond donors (Lipinski definition) is 3. The molecule has 1 saturated heterocycles. The fourth-order valence-corrected chi connectivity index (χ4v) is 7.30. The maximum Gasteiger partial charge on any atom is 0.321 e. The van der Waals surface area contributed by atoms with Crippen molar-refractivity contribution in [1.29, 1.82) is 0 Å². The number of benzene rings is 2. The minimum Gasteiger partial charge on any atom is -0.497 e. The van der Waals surface area contributed by atoms with E-state index in [1.165, 1.54) is 33.3 Å². The Hall–Kier alpha value is -3.68. The standard InChI is InChI=1S/C34H51N5O7S/c1-23(2)20-38(47(44,45)28-15-13-27(46-7)14-16-28)21-30(40)29(19-26-11-9-8-10-12-26)36-33(42)32(24(3)4)39-18-17-37(34(39)43)22-31(41)35-25(5)6/h8-16,23-25,29-30,32,40H,17-22H2,1-7H3,(H,35,41)(H,36,42)/t29-,30+,32?/m0/s1. The van der Waals surface area contributed by atoms with Gasteiger partial charge in [0, 0.05) is 32.2 Å². The van der Waals surface area contributed by atoms with Crippen LogP contribution in [0.3, 0.4) is 0 Å². The van der Waals surface area contributed by atoms with Gasteiger partial charge in [0.2, 0.25) is 21.8 Å². The lowest BCUT2D eigenvalue weighted by Gasteiger charge is -2.34. The number of amides is 4. The first-order valence-electron chi connectivity index (χ1n) is 16.2. The molecule has 1 unspecified atom stereocenters. The summed E-state index contributed by atoms with van der Waals surface area (Å²) < 4.78 is 34.0. The highest BCUT2D eigenvalue weighted by Gasteiger charge is 2.41. The van der Waals surface area contributed by atoms with E-state index >= 15 is 0 Å². The van der Waals surface area contributed by atoms with Crippen LogP contribution in [-0.2, 0) is 26.0 Å². The summed E-state index contributed by atoms with van der Waals surface area (Å²) in [5.41, 5.74) is 0.839. The number of urea groups is 1. The van der Waals surface area contributed by atoms with Gasteiger partial charge in [0.1, 0.15) is 18.3 Å². The third-order valence-electron chi connectivity index (χ3n) is 7.89. The number of nitrogens with one attached hydrogen (secondary N) is 2. The summed E-state index contributed by atoms with van der Waals surface area (Å²) >= 11 is 0. The molecule has 1 fully saturated rings. The fourth-order valence-electron chi connectivity index (χ4n) is 5.68. The predicted molar refractivity (Wildman–Crippen MR) is 180 cm³/mol. The zero-order chi connectivity index (χ0) is 34.9. The number of methoxy groups -OCH3 is 1. The second kappa shape index (κ2) is 16.9. The molecule has 47 heavy (non-hydrogen) atoms. The maximum absolute atomic E-state index is 14.0. The van der Waals surface area contributed by atoms with Gasteiger partial charge in [-0.25, -0.2) is 13.2 Å². The Bertz CT molecular complexity index is 1430. The summed E-state index contributed by atoms with van der Waals surface area (Å²) in [6, 6.07) is 13.1. The summed E-state index contributed by atoms with van der Waals surface area (Å²) in [5, 5.41) is 17.4. The Kier molecular flexibility index (Phi) is 13.6. The van der Waals surface area contributed by atoms with Crippen LogP contribution >= 0.6 is 0 Å². The van der Waals surface area contributed by atoms with E-state index in [-0.39, 0.29) is 61.3 Å². The summed E-state index contributed by atoms with van der Waals surface area (Å²) in [7, 11) is -2.51. The molecule has 3 atom stereocenters. The highest BCUT2D eigenvalue weighted by atomic mass is 32.2. The van der Waals surface area contributed by atoms with Crippen LogP contribution in [0.25, 0.3) is 0 Å². The Morgan fingerprint density at radius 1 is 0.936 bits per heavy atom. The first-order chi connectivity index (χ1) is 22.1. The quantitative estimate of drug-likeness (QED) is 0.234. The van der Waals surface area contributed by atoms with E-state index in [4.69, 9.17) is 4.74 Å². The van der Waals surface area contributed by atoms with Gasteiger partial charge in [-0.1, -0.05) is 58.0 Å². The van der Waals surface area contributed by atoms with Gasteiger partial charge < -0.3 is 30.3 Å². The zero-order valence-corrected chi connectivity index (χ0v) is 29.4. The van der Waals surface area contributed by atoms with Crippen molar-refractivity contribution in [3.05, 3.63) is 60.2 Å². The lowest BCUT2D eigenvalue weighted by Crippen LogP contribution is -2.57. The van der Waals surface area contributed by atoms with Crippen LogP contribution < -0.4 is 15.4 Å². The van der Waals surface area contributed by atoms with Gasteiger partial charge in [-0.2, -0.15) is 4.31 Å². The smallest absolute Gasteiger partial charge is 0.321 e. The van der Waals surface area contributed by atoms with Crippen molar-refractivity contribution in [1.82, 2.24) is 24.7 Å². The van der Waals surface area contributed by atoms with Crippen molar-refractivity contribution in [2.24, 2.45) is 11.8 Å². The van der Waals surface area contributed by atoms with Gasteiger partial charge in [-0.3, -0.25) is 9.59 Å². The molecule has 13 heteroatoms. The Balaban J connectivity index is 1.86. The molecule has 1 aliphatic heterocycles. The minimum absolute atomic E-state index is 0.0468. The van der Waals surface area contributed by atoms with Crippen LogP contribution in [0.15, 0.2) is 59.5 Å². The fraction of sp³-hybridized carbons (Fsp3) is 0.559. The first kappa shape index (κ1) is 37.8. The van der Waals surface area contributed by atoms with Crippen molar-refractivity contribution in [2.45, 2.75) is 77.1 Å². The van der Waals surface area contributed by atoms with Crippen molar-refractivity contribution in [3.8, 4) is 5.75 Å². The summed E-state index contributed by atoms with van der Waals surface area (Å²) in [6.45, 7) is 11.5. The molecule has 4 amide bonds. The van der Waals surface area contributed by atoms with Crippen molar-refractivity contribution in [3.63, 3.8) is 0 Å². The monoisotopic (exact) mass is 673 g/mol. The molecule has 0 spiro atoms. The number of ether oxygens (including phenoxy) is 1. The number of hydrogen-bond acceptors (Lipinski definition) is 7. The number of carbonyl (C=O) groups excluding carboxylic acids is 3. The van der Waals surface area contributed by atoms with Crippen molar-refractivity contribution in [2.75, 3.05) is 39.8 Å². The van der Waals surface area contributed by atoms with E-state index in [0.29, 0.717) is 12.3 Å². The lowest BCUT2D eigenvalue weighted by atomic mass is 9.97. The van der Waals surface area contributed by atoms with E-state index in [1.807, 2.05) is 71.9 Å². The molecule has 0 aliphatic carbocycles. The predicted octanol–water partition coefficient (Wildman–Crippen LogP) is 2.72. The number of aliphatic hydroxyl groups excluding tert-OH is 1. The zero-order valence-electron chi connectivity index (χ0n) is 28.5. The summed E-state index contributed by atoms with van der Waals surface area (Å²) in [4.78, 5) is 42.7. The van der Waals surface area contributed by atoms with Gasteiger partial charge in [0.05, 0.1) is 24.2 Å². The third-order valence-corrected chi connectivity index (χ3v) is 9.74. The molecule has 0 aromatic heterocycles. The van der Waals surface area contributed by atoms with Gasteiger partial charge in [0.25, 0.3) is 0 Å². The summed E-state index contributed by atoms with van der Waals surface area (Å²) in [5.74, 6) is -0.555. The second-order valence-corrected chi connectivity index (χ2v) is 15.0. The van der Waals surface area contributed by atoms with Gasteiger partial charge in [-0.15, -0.1) is 0 Å². The lowest BCUT2D eigenvalue weighted by molar-refractivity contribution is -0.128. The molecule has 260 valence electrons. The van der Waals surface area contributed by atoms with Crippen LogP contribution in [0.1, 0.15) is 47.1 Å². The van der Waals surface area contributed by atoms with E-state index in [9.17, 15) is 27.9 Å². The average molecular weight is 674 g/mol. The number of carbonyl (C=O) groups is 3. The van der Waals surface area contributed by atoms with Crippen LogP contribution in [0.5, 0.6) is 5.75 Å². The topological polar surface area (TPSA) is 149 Å². The molecule has 0 radical (unpaired) electrons.